The van der Waals surface area contributed by atoms with Gasteiger partial charge in [-0.3, -0.25) is 67.1 Å². The van der Waals surface area contributed by atoms with Gasteiger partial charge in [-0.25, -0.2) is 0 Å². The molecule has 14 amide bonds. The van der Waals surface area contributed by atoms with E-state index in [0.29, 0.717) is 12.8 Å². The van der Waals surface area contributed by atoms with Crippen molar-refractivity contribution < 1.29 is 92.7 Å². The van der Waals surface area contributed by atoms with E-state index in [2.05, 4.69) is 53.2 Å². The van der Waals surface area contributed by atoms with Gasteiger partial charge in [0.25, 0.3) is 0 Å². The molecule has 2 heterocycles. The third-order valence-corrected chi connectivity index (χ3v) is 17.1. The topological polar surface area (TPSA) is 519 Å². The second-order valence-electron chi connectivity index (χ2n) is 26.9. The smallest absolute Gasteiger partial charge is 0.248 e. The number of hydrogen-bond donors (Lipinski definition) is 17. The maximum absolute atomic E-state index is 14.7. The van der Waals surface area contributed by atoms with E-state index < -0.39 is 229 Å². The van der Waals surface area contributed by atoms with Crippen LogP contribution in [0.4, 0.5) is 0 Å². The van der Waals surface area contributed by atoms with Crippen LogP contribution in [0.25, 0.3) is 0 Å². The first-order chi connectivity index (χ1) is 44.6. The normalized spacial score (nSPS) is 28.2. The van der Waals surface area contributed by atoms with Gasteiger partial charge in [0.05, 0.1) is 24.4 Å². The molecule has 2 saturated heterocycles. The lowest BCUT2D eigenvalue weighted by atomic mass is 9.94. The van der Waals surface area contributed by atoms with Crippen LogP contribution in [0, 0.1) is 29.6 Å². The zero-order chi connectivity index (χ0) is 73.5. The van der Waals surface area contributed by atoms with E-state index in [1.165, 1.54) is 48.5 Å². The number of primary amides is 2. The molecule has 2 aliphatic rings. The van der Waals surface area contributed by atoms with Crippen LogP contribution in [0.3, 0.4) is 0 Å². The Morgan fingerprint density at radius 3 is 1.52 bits per heavy atom. The van der Waals surface area contributed by atoms with Crippen molar-refractivity contribution >= 4 is 82.7 Å². The van der Waals surface area contributed by atoms with Gasteiger partial charge in [-0.05, 0) is 82.5 Å². The molecule has 0 aliphatic carbocycles. The number of nitrogens with zero attached hydrogens (tertiary/aromatic N) is 2. The SMILES string of the molecule is CCCCCC1CC(=O)NC(C(C)C)C(=O)NC(C(O)C(C)C)C(=O)NC(C)C(=O)NC(C(O)C(C)C)C(=O)NC(CCC(N)=O)C(=O)N(C)C(C(C)CC)C(=O)NC(C(O)C(N)=O)C(=O)NC(C(C)O)C(=O)N2CCCC2C(=O)NC(CC(C)C)C(=O)NC(C(C)O)C(=O)N1. The molecule has 18 unspecified atom stereocenters. The van der Waals surface area contributed by atoms with Crippen LogP contribution < -0.4 is 64.6 Å². The van der Waals surface area contributed by atoms with Crippen molar-refractivity contribution in [3.05, 3.63) is 0 Å². The number of likely N-dealkylation sites (N-methyl/N-ethyl adjacent to an activating group) is 1. The Bertz CT molecular complexity index is 2710. The molecule has 18 atom stereocenters. The molecule has 0 radical (unpaired) electrons. The van der Waals surface area contributed by atoms with Crippen LogP contribution in [0.5, 0.6) is 0 Å². The molecule has 2 fully saturated rings. The highest BCUT2D eigenvalue weighted by atomic mass is 16.3. The van der Waals surface area contributed by atoms with Gasteiger partial charge in [-0.1, -0.05) is 102 Å². The number of carbonyl (C=O) groups excluding carboxylic acids is 14. The van der Waals surface area contributed by atoms with Crippen molar-refractivity contribution in [1.29, 1.82) is 0 Å². The van der Waals surface area contributed by atoms with Gasteiger partial charge in [0.2, 0.25) is 82.7 Å². The average molecular weight is 1370 g/mol. The Balaban J connectivity index is 2.97. The summed E-state index contributed by atoms with van der Waals surface area (Å²) in [7, 11) is 1.11. The number of amides is 14. The first kappa shape index (κ1) is 84.5. The fourth-order valence-electron chi connectivity index (χ4n) is 11.1. The molecule has 33 heteroatoms. The van der Waals surface area contributed by atoms with Gasteiger partial charge in [0, 0.05) is 32.5 Å². The lowest BCUT2D eigenvalue weighted by Crippen LogP contribution is -2.65. The fourth-order valence-corrected chi connectivity index (χ4v) is 11.1. The minimum absolute atomic E-state index is 0.00696. The number of aliphatic hydroxyl groups excluding tert-OH is 5. The van der Waals surface area contributed by atoms with E-state index in [0.717, 1.165) is 30.2 Å². The van der Waals surface area contributed by atoms with E-state index in [1.54, 1.807) is 34.6 Å². The van der Waals surface area contributed by atoms with Crippen LogP contribution in [-0.4, -0.2) is 235 Å². The number of unbranched alkanes of at least 4 members (excludes halogenated alkanes) is 2. The summed E-state index contributed by atoms with van der Waals surface area (Å²) in [6.45, 7) is 21.0. The highest BCUT2D eigenvalue weighted by Gasteiger charge is 2.46. The summed E-state index contributed by atoms with van der Waals surface area (Å²) >= 11 is 0. The molecule has 33 nitrogen and oxygen atoms in total. The van der Waals surface area contributed by atoms with E-state index in [-0.39, 0.29) is 44.6 Å². The van der Waals surface area contributed by atoms with Gasteiger partial charge >= 0.3 is 0 Å². The molecule has 546 valence electrons. The lowest BCUT2D eigenvalue weighted by molar-refractivity contribution is -0.148. The molecule has 96 heavy (non-hydrogen) atoms. The lowest BCUT2D eigenvalue weighted by Gasteiger charge is -2.36. The fraction of sp³-hybridized carbons (Fsp3) is 0.778. The molecule has 2 rings (SSSR count). The summed E-state index contributed by atoms with van der Waals surface area (Å²) in [6.07, 6.45) is -8.53. The zero-order valence-corrected chi connectivity index (χ0v) is 58.2. The molecule has 19 N–H and O–H groups in total. The number of fused-ring (bicyclic) bond motifs is 1. The first-order valence-electron chi connectivity index (χ1n) is 33.2. The maximum Gasteiger partial charge on any atom is 0.248 e. The third-order valence-electron chi connectivity index (χ3n) is 17.1. The van der Waals surface area contributed by atoms with E-state index >= 15 is 0 Å². The van der Waals surface area contributed by atoms with Crippen LogP contribution in [0.1, 0.15) is 168 Å². The van der Waals surface area contributed by atoms with Gasteiger partial charge in [0.15, 0.2) is 6.10 Å². The largest absolute Gasteiger partial charge is 0.391 e. The van der Waals surface area contributed by atoms with Gasteiger partial charge in [0.1, 0.15) is 66.5 Å². The van der Waals surface area contributed by atoms with Gasteiger partial charge in [-0.15, -0.1) is 0 Å². The molecule has 0 bridgehead atoms. The maximum atomic E-state index is 14.7. The van der Waals surface area contributed by atoms with Crippen molar-refractivity contribution in [3.8, 4) is 0 Å². The monoisotopic (exact) mass is 1370 g/mol. The van der Waals surface area contributed by atoms with Crippen LogP contribution in [0.15, 0.2) is 0 Å². The first-order valence-corrected chi connectivity index (χ1v) is 33.2. The van der Waals surface area contributed by atoms with Crippen LogP contribution in [0.2, 0.25) is 0 Å². The summed E-state index contributed by atoms with van der Waals surface area (Å²) in [6, 6.07) is -20.0. The number of nitrogens with one attached hydrogen (secondary N) is 10. The van der Waals surface area contributed by atoms with Crippen LogP contribution in [-0.2, 0) is 67.1 Å². The number of nitrogens with two attached hydrogens (primary N) is 2. The second kappa shape index (κ2) is 39.6. The molecular weight excluding hydrogens is 1260 g/mol. The quantitative estimate of drug-likeness (QED) is 0.0510. The van der Waals surface area contributed by atoms with Crippen LogP contribution >= 0.6 is 0 Å². The van der Waals surface area contributed by atoms with Crippen molar-refractivity contribution in [3.63, 3.8) is 0 Å². The molecule has 0 saturated carbocycles. The summed E-state index contributed by atoms with van der Waals surface area (Å²) in [5.41, 5.74) is 11.0. The Labute approximate surface area is 561 Å². The molecule has 0 aromatic carbocycles. The standard InChI is InChI=1S/C63H110N14O19/c1-16-18-19-21-36-27-41(81)70-42(29(5)6)56(89)74-45(49(82)30(7)8)58(91)66-33(12)53(86)73-46(50(83)31(9)10)59(92)68-37(23-24-40(64)80)62(95)76(15)48(32(11)17-2)61(94)75-47(51(84)52(65)85)60(93)72-44(35(14)79)63(96)77-25-20-22-39(77)55(88)69-38(26-28(3)4)54(87)71-43(34(13)78)57(90)67-36/h28-39,42-51,78-79,82-84H,16-27H2,1-15H3,(H2,64,80)(H2,65,85)(H,66,91)(H,67,90)(H,68,92)(H,69,88)(H,70,81)(H,71,87)(H,72,93)(H,73,86)(H,74,89)(H,75,94). The summed E-state index contributed by atoms with van der Waals surface area (Å²) in [5.74, 6) is -18.7. The predicted molar refractivity (Wildman–Crippen MR) is 347 cm³/mol. The van der Waals surface area contributed by atoms with E-state index in [4.69, 9.17) is 11.5 Å². The molecular formula is C63H110N14O19. The number of carbonyl (C=O) groups is 14. The molecule has 0 aromatic rings. The Kier molecular flexibility index (Phi) is 34.8. The van der Waals surface area contributed by atoms with Crippen molar-refractivity contribution in [2.75, 3.05) is 13.6 Å². The number of hydrogen-bond acceptors (Lipinski definition) is 19. The Hall–Kier alpha value is -7.62. The highest BCUT2D eigenvalue weighted by Crippen LogP contribution is 2.23. The molecule has 2 aliphatic heterocycles. The highest BCUT2D eigenvalue weighted by molar-refractivity contribution is 6.01. The second-order valence-corrected chi connectivity index (χ2v) is 26.9. The van der Waals surface area contributed by atoms with Crippen molar-refractivity contribution in [2.24, 2.45) is 41.1 Å². The summed E-state index contributed by atoms with van der Waals surface area (Å²) in [5, 5.41) is 80.8. The average Bonchev–Trinajstić information content (AvgIpc) is 1.22. The van der Waals surface area contributed by atoms with E-state index in [9.17, 15) is 92.7 Å². The van der Waals surface area contributed by atoms with E-state index in [1.807, 2.05) is 6.92 Å². The minimum atomic E-state index is -2.56. The van der Waals surface area contributed by atoms with Gasteiger partial charge < -0.3 is 100.0 Å². The minimum Gasteiger partial charge on any atom is -0.391 e. The van der Waals surface area contributed by atoms with Gasteiger partial charge in [-0.2, -0.15) is 0 Å². The third kappa shape index (κ3) is 25.1. The van der Waals surface area contributed by atoms with Crippen molar-refractivity contribution in [2.45, 2.75) is 271 Å². The predicted octanol–water partition coefficient (Wildman–Crippen LogP) is -4.69. The summed E-state index contributed by atoms with van der Waals surface area (Å²) < 4.78 is 0. The number of aliphatic hydroxyl groups is 5. The van der Waals surface area contributed by atoms with Crippen molar-refractivity contribution in [1.82, 2.24) is 63.0 Å². The Morgan fingerprint density at radius 1 is 0.531 bits per heavy atom. The Morgan fingerprint density at radius 2 is 1.02 bits per heavy atom. The summed E-state index contributed by atoms with van der Waals surface area (Å²) in [4.78, 5) is 199. The molecule has 0 aromatic heterocycles. The molecule has 0 spiro atoms. The number of rotatable bonds is 20. The zero-order valence-electron chi connectivity index (χ0n) is 58.2.